The highest BCUT2D eigenvalue weighted by Crippen LogP contribution is 2.24. The summed E-state index contributed by atoms with van der Waals surface area (Å²) in [6.45, 7) is -1.29. The summed E-state index contributed by atoms with van der Waals surface area (Å²) in [7, 11) is 0. The van der Waals surface area contributed by atoms with Gasteiger partial charge in [0.1, 0.15) is 0 Å². The van der Waals surface area contributed by atoms with E-state index in [4.69, 9.17) is 4.74 Å². The molecule has 23 heavy (non-hydrogen) atoms. The SMILES string of the molecule is O=C(CCCC(=O)OCC(F)(F)C(F)F)OCC1CCCCC1. The normalized spacial score (nSPS) is 16.4. The van der Waals surface area contributed by atoms with Crippen LogP contribution in [-0.4, -0.2) is 37.5 Å². The summed E-state index contributed by atoms with van der Waals surface area (Å²) in [5, 5.41) is 0. The average Bonchev–Trinajstić information content (AvgIpc) is 2.52. The van der Waals surface area contributed by atoms with Crippen LogP contribution in [0.15, 0.2) is 0 Å². The molecule has 1 fully saturated rings. The molecule has 0 atom stereocenters. The molecule has 1 saturated carbocycles. The minimum atomic E-state index is -4.35. The van der Waals surface area contributed by atoms with Crippen molar-refractivity contribution in [3.05, 3.63) is 0 Å². The van der Waals surface area contributed by atoms with E-state index in [1.807, 2.05) is 0 Å². The second-order valence-corrected chi connectivity index (χ2v) is 5.76. The van der Waals surface area contributed by atoms with E-state index in [2.05, 4.69) is 4.74 Å². The molecule has 8 heteroatoms. The molecule has 0 unspecified atom stereocenters. The first-order valence-corrected chi connectivity index (χ1v) is 7.78. The van der Waals surface area contributed by atoms with Crippen LogP contribution in [0.25, 0.3) is 0 Å². The molecule has 0 amide bonds. The van der Waals surface area contributed by atoms with Crippen molar-refractivity contribution in [3.63, 3.8) is 0 Å². The van der Waals surface area contributed by atoms with Crippen molar-refractivity contribution >= 4 is 11.9 Å². The Morgan fingerprint density at radius 2 is 1.57 bits per heavy atom. The zero-order chi connectivity index (χ0) is 17.3. The van der Waals surface area contributed by atoms with Gasteiger partial charge in [0.25, 0.3) is 0 Å². The van der Waals surface area contributed by atoms with Gasteiger partial charge in [-0.15, -0.1) is 0 Å². The molecular weight excluding hydrogens is 320 g/mol. The predicted octanol–water partition coefficient (Wildman–Crippen LogP) is 3.72. The fourth-order valence-electron chi connectivity index (χ4n) is 2.33. The van der Waals surface area contributed by atoms with E-state index in [-0.39, 0.29) is 19.3 Å². The number of halogens is 4. The maximum atomic E-state index is 12.5. The van der Waals surface area contributed by atoms with Crippen LogP contribution in [0.3, 0.4) is 0 Å². The van der Waals surface area contributed by atoms with Crippen molar-refractivity contribution in [2.45, 2.75) is 63.7 Å². The van der Waals surface area contributed by atoms with E-state index >= 15 is 0 Å². The summed E-state index contributed by atoms with van der Waals surface area (Å²) in [6, 6.07) is 0. The lowest BCUT2D eigenvalue weighted by Crippen LogP contribution is -2.33. The molecule has 0 heterocycles. The van der Waals surface area contributed by atoms with Gasteiger partial charge >= 0.3 is 24.3 Å². The number of hydrogen-bond acceptors (Lipinski definition) is 4. The zero-order valence-corrected chi connectivity index (χ0v) is 12.9. The largest absolute Gasteiger partial charge is 0.465 e. The molecule has 0 radical (unpaired) electrons. The summed E-state index contributed by atoms with van der Waals surface area (Å²) in [4.78, 5) is 22.6. The summed E-state index contributed by atoms with van der Waals surface area (Å²) >= 11 is 0. The molecule has 4 nitrogen and oxygen atoms in total. The van der Waals surface area contributed by atoms with Crippen LogP contribution < -0.4 is 0 Å². The lowest BCUT2D eigenvalue weighted by atomic mass is 9.90. The lowest BCUT2D eigenvalue weighted by Gasteiger charge is -2.21. The van der Waals surface area contributed by atoms with E-state index in [1.165, 1.54) is 6.42 Å². The minimum Gasteiger partial charge on any atom is -0.465 e. The van der Waals surface area contributed by atoms with Crippen molar-refractivity contribution in [3.8, 4) is 0 Å². The Kier molecular flexibility index (Phi) is 8.33. The van der Waals surface area contributed by atoms with Crippen LogP contribution in [0, 0.1) is 5.92 Å². The van der Waals surface area contributed by atoms with Gasteiger partial charge in [0, 0.05) is 12.8 Å². The van der Waals surface area contributed by atoms with Crippen molar-refractivity contribution in [1.29, 1.82) is 0 Å². The van der Waals surface area contributed by atoms with Crippen LogP contribution in [0.2, 0.25) is 0 Å². The molecule has 1 rings (SSSR count). The second-order valence-electron chi connectivity index (χ2n) is 5.76. The van der Waals surface area contributed by atoms with Gasteiger partial charge in [0.05, 0.1) is 6.61 Å². The van der Waals surface area contributed by atoms with Crippen LogP contribution in [0.5, 0.6) is 0 Å². The zero-order valence-electron chi connectivity index (χ0n) is 12.9. The van der Waals surface area contributed by atoms with Gasteiger partial charge in [-0.05, 0) is 25.2 Å². The van der Waals surface area contributed by atoms with Gasteiger partial charge in [-0.3, -0.25) is 9.59 Å². The fourth-order valence-corrected chi connectivity index (χ4v) is 2.33. The molecule has 0 aliphatic heterocycles. The first-order valence-electron chi connectivity index (χ1n) is 7.78. The maximum Gasteiger partial charge on any atom is 0.340 e. The number of hydrogen-bond donors (Lipinski definition) is 0. The number of alkyl halides is 4. The van der Waals surface area contributed by atoms with Crippen LogP contribution >= 0.6 is 0 Å². The molecule has 0 spiro atoms. The molecule has 0 aromatic heterocycles. The summed E-state index contributed by atoms with van der Waals surface area (Å²) < 4.78 is 58.0. The topological polar surface area (TPSA) is 52.6 Å². The standard InChI is InChI=1S/C15H22F4O4/c16-14(17)15(18,19)10-23-13(21)8-4-7-12(20)22-9-11-5-2-1-3-6-11/h11,14H,1-10H2. The molecule has 0 aromatic rings. The summed E-state index contributed by atoms with van der Waals surface area (Å²) in [6.07, 6.45) is 1.42. The van der Waals surface area contributed by atoms with E-state index in [1.54, 1.807) is 0 Å². The molecular formula is C15H22F4O4. The van der Waals surface area contributed by atoms with Gasteiger partial charge in [0.2, 0.25) is 0 Å². The van der Waals surface area contributed by atoms with Crippen molar-refractivity contribution < 1.29 is 36.6 Å². The van der Waals surface area contributed by atoms with Gasteiger partial charge in [-0.1, -0.05) is 19.3 Å². The van der Waals surface area contributed by atoms with Crippen LogP contribution in [0.1, 0.15) is 51.4 Å². The first-order chi connectivity index (χ1) is 10.8. The Bertz CT molecular complexity index is 382. The Morgan fingerprint density at radius 1 is 1.00 bits per heavy atom. The third-order valence-corrected chi connectivity index (χ3v) is 3.71. The van der Waals surface area contributed by atoms with Gasteiger partial charge in [-0.25, -0.2) is 8.78 Å². The Hall–Kier alpha value is -1.34. The predicted molar refractivity (Wildman–Crippen MR) is 73.3 cm³/mol. The third-order valence-electron chi connectivity index (χ3n) is 3.71. The number of carbonyl (C=O) groups is 2. The number of esters is 2. The molecule has 0 N–H and O–H groups in total. The third kappa shape index (κ3) is 8.18. The maximum absolute atomic E-state index is 12.5. The molecule has 0 aromatic carbocycles. The number of ether oxygens (including phenoxy) is 2. The van der Waals surface area contributed by atoms with E-state index in [0.717, 1.165) is 25.7 Å². The Balaban J connectivity index is 2.08. The highest BCUT2D eigenvalue weighted by atomic mass is 19.3. The number of carbonyl (C=O) groups excluding carboxylic acids is 2. The van der Waals surface area contributed by atoms with Crippen LogP contribution in [-0.2, 0) is 19.1 Å². The minimum absolute atomic E-state index is 0.0347. The molecule has 134 valence electrons. The van der Waals surface area contributed by atoms with Crippen LogP contribution in [0.4, 0.5) is 17.6 Å². The number of rotatable bonds is 9. The molecule has 1 aliphatic carbocycles. The van der Waals surface area contributed by atoms with Crippen molar-refractivity contribution in [2.24, 2.45) is 5.92 Å². The first kappa shape index (κ1) is 19.7. The Morgan fingerprint density at radius 3 is 2.13 bits per heavy atom. The van der Waals surface area contributed by atoms with E-state index < -0.39 is 30.9 Å². The Labute approximate surface area is 132 Å². The highest BCUT2D eigenvalue weighted by molar-refractivity contribution is 5.72. The lowest BCUT2D eigenvalue weighted by molar-refractivity contribution is -0.179. The highest BCUT2D eigenvalue weighted by Gasteiger charge is 2.42. The van der Waals surface area contributed by atoms with Crippen molar-refractivity contribution in [1.82, 2.24) is 0 Å². The van der Waals surface area contributed by atoms with Gasteiger partial charge in [-0.2, -0.15) is 8.78 Å². The second kappa shape index (κ2) is 9.72. The van der Waals surface area contributed by atoms with E-state index in [9.17, 15) is 27.2 Å². The summed E-state index contributed by atoms with van der Waals surface area (Å²) in [5.41, 5.74) is 0. The van der Waals surface area contributed by atoms with E-state index in [0.29, 0.717) is 12.5 Å². The van der Waals surface area contributed by atoms with Crippen molar-refractivity contribution in [2.75, 3.05) is 13.2 Å². The molecule has 1 aliphatic rings. The smallest absolute Gasteiger partial charge is 0.340 e. The van der Waals surface area contributed by atoms with Gasteiger partial charge < -0.3 is 9.47 Å². The fraction of sp³-hybridized carbons (Fsp3) is 0.867. The summed E-state index contributed by atoms with van der Waals surface area (Å²) in [5.74, 6) is -5.46. The monoisotopic (exact) mass is 342 g/mol. The molecule has 0 saturated heterocycles. The molecule has 0 bridgehead atoms. The quantitative estimate of drug-likeness (QED) is 0.473. The average molecular weight is 342 g/mol. The van der Waals surface area contributed by atoms with Gasteiger partial charge in [0.15, 0.2) is 6.61 Å².